The van der Waals surface area contributed by atoms with Gasteiger partial charge in [0.2, 0.25) is 94.5 Å². The first-order chi connectivity index (χ1) is 50.5. The lowest BCUT2D eigenvalue weighted by Gasteiger charge is -2.30. The molecule has 0 bridgehead atoms. The highest BCUT2D eigenvalue weighted by Crippen LogP contribution is 2.15. The first kappa shape index (κ1) is 94.3. The minimum absolute atomic E-state index is 0.0671. The SMILES string of the molecule is CC[C@H](C)[C@H](NC(=O)[C@@H](NC(=O)CNC(=O)[C@H](CCC(=O)O)NC(=O)[C@H](C)NC(=O)[C@H](CCC(N)=O)NC(=O)[C@H](Cc1cnc[nH]1)NC(=O)[C@H](CO)NC(=O)[C@H](CCC(N)=O)NC(=O)[C@H](CCC(=O)O)NC(=O)[C@H](CCC(N)=O)NC(=O)CN)C(C)C)C(=O)N[C@H](C(=O)N[C@@H](CCCN=C(N)N)C(=O)O)C(C)C. The van der Waals surface area contributed by atoms with Crippen LogP contribution >= 0.6 is 0 Å². The maximum Gasteiger partial charge on any atom is 0.326 e. The van der Waals surface area contributed by atoms with Crippen LogP contribution in [0.15, 0.2) is 17.5 Å². The number of nitrogens with one attached hydrogen (secondary N) is 14. The number of carbonyl (C=O) groups is 19. The molecule has 0 aromatic carbocycles. The molecule has 0 saturated carbocycles. The van der Waals surface area contributed by atoms with E-state index in [1.165, 1.54) is 12.5 Å². The summed E-state index contributed by atoms with van der Waals surface area (Å²) in [4.78, 5) is 259. The van der Waals surface area contributed by atoms with Crippen molar-refractivity contribution in [2.45, 2.75) is 211 Å². The van der Waals surface area contributed by atoms with Gasteiger partial charge in [0.15, 0.2) is 5.96 Å². The van der Waals surface area contributed by atoms with Crippen LogP contribution in [0, 0.1) is 17.8 Å². The standard InChI is InChI=1S/C63H104N22O23/c1-8-30(6)50(61(106)84-49(29(4)5)59(104)80-38(62(107)108)10-9-21-71-63(68)69)85-60(105)48(28(2)3)83-45(91)25-72-52(97)33(14-19-46(92)93)76-51(96)31(7)74-53(98)35(12-17-42(66)88)79-57(102)39(22-32-24-70-27-73-32)81-58(103)40(26-86)82-56(101)36(13-18-43(67)89)77-55(100)37(15-20-47(94)95)78-54(99)34(11-16-41(65)87)75-44(90)23-64/h24,27-31,33-40,48-50,86H,8-23,25-26,64H2,1-7H3,(H2,65,87)(H2,66,88)(H2,67,89)(H,70,73)(H,72,97)(H,74,98)(H,75,90)(H,76,96)(H,77,100)(H,78,99)(H,79,102)(H,80,104)(H,81,103)(H,82,101)(H,83,91)(H,84,106)(H,85,105)(H,92,93)(H,94,95)(H,107,108)(H4,68,69,71)/t30-,31-,33-,34-,35-,36-,37-,38-,39-,40-,48-,49-,50-/m0/s1. The highest BCUT2D eigenvalue weighted by atomic mass is 16.4. The molecule has 45 nitrogen and oxygen atoms in total. The van der Waals surface area contributed by atoms with Gasteiger partial charge in [0.1, 0.15) is 72.5 Å². The molecule has 1 heterocycles. The number of aliphatic imine (C=N–C) groups is 1. The fourth-order valence-electron chi connectivity index (χ4n) is 9.85. The van der Waals surface area contributed by atoms with E-state index in [0.717, 1.165) is 6.92 Å². The molecule has 16 amide bonds. The minimum Gasteiger partial charge on any atom is -0.481 e. The Morgan fingerprint density at radius 2 is 0.833 bits per heavy atom. The number of aliphatic hydroxyl groups is 1. The van der Waals surface area contributed by atoms with Crippen molar-refractivity contribution in [1.82, 2.24) is 79.1 Å². The van der Waals surface area contributed by atoms with Gasteiger partial charge in [-0.15, -0.1) is 0 Å². The number of aromatic amines is 1. The van der Waals surface area contributed by atoms with Crippen LogP contribution in [0.5, 0.6) is 0 Å². The van der Waals surface area contributed by atoms with Crippen LogP contribution in [-0.2, 0) is 97.5 Å². The summed E-state index contributed by atoms with van der Waals surface area (Å²) in [6.45, 7) is 8.01. The summed E-state index contributed by atoms with van der Waals surface area (Å²) in [7, 11) is 0. The molecule has 0 radical (unpaired) electrons. The topological polar surface area (TPSA) is 759 Å². The van der Waals surface area contributed by atoms with Crippen molar-refractivity contribution < 1.29 is 112 Å². The van der Waals surface area contributed by atoms with Crippen LogP contribution in [0.25, 0.3) is 0 Å². The number of primary amides is 3. The largest absolute Gasteiger partial charge is 0.481 e. The molecule has 0 spiro atoms. The van der Waals surface area contributed by atoms with Crippen molar-refractivity contribution in [3.63, 3.8) is 0 Å². The van der Waals surface area contributed by atoms with E-state index in [-0.39, 0.29) is 31.0 Å². The number of amides is 16. The van der Waals surface area contributed by atoms with Crippen LogP contribution in [0.4, 0.5) is 0 Å². The summed E-state index contributed by atoms with van der Waals surface area (Å²) >= 11 is 0. The molecular formula is C63H104N22O23. The predicted octanol–water partition coefficient (Wildman–Crippen LogP) is -10.1. The van der Waals surface area contributed by atoms with Gasteiger partial charge in [-0.2, -0.15) is 0 Å². The highest BCUT2D eigenvalue weighted by Gasteiger charge is 2.38. The molecule has 0 aliphatic carbocycles. The number of rotatable bonds is 53. The van der Waals surface area contributed by atoms with Crippen LogP contribution in [0.1, 0.15) is 138 Å². The Kier molecular flexibility index (Phi) is 42.3. The fraction of sp³-hybridized carbons (Fsp3) is 0.635. The second-order valence-corrected chi connectivity index (χ2v) is 25.7. The second-order valence-electron chi connectivity index (χ2n) is 25.7. The summed E-state index contributed by atoms with van der Waals surface area (Å²) in [5.41, 5.74) is 32.1. The lowest BCUT2D eigenvalue weighted by Crippen LogP contribution is -2.61. The summed E-state index contributed by atoms with van der Waals surface area (Å²) in [6, 6.07) is -19.6. The van der Waals surface area contributed by atoms with E-state index in [9.17, 15) is 112 Å². The molecule has 30 N–H and O–H groups in total. The zero-order valence-electron chi connectivity index (χ0n) is 60.9. The zero-order chi connectivity index (χ0) is 82.2. The van der Waals surface area contributed by atoms with Gasteiger partial charge in [-0.25, -0.2) is 9.78 Å². The number of aliphatic carboxylic acids is 3. The number of H-pyrrole nitrogens is 1. The first-order valence-electron chi connectivity index (χ1n) is 34.3. The van der Waals surface area contributed by atoms with E-state index < -0.39 is 293 Å². The average molecular weight is 1540 g/mol. The number of aromatic nitrogens is 2. The van der Waals surface area contributed by atoms with Gasteiger partial charge < -0.3 is 129 Å². The van der Waals surface area contributed by atoms with Crippen molar-refractivity contribution in [3.8, 4) is 0 Å². The molecule has 0 aliphatic rings. The number of hydrogen-bond acceptors (Lipinski definition) is 23. The van der Waals surface area contributed by atoms with E-state index in [2.05, 4.69) is 84.1 Å². The Balaban J connectivity index is 3.44. The van der Waals surface area contributed by atoms with E-state index in [0.29, 0.717) is 6.42 Å². The summed E-state index contributed by atoms with van der Waals surface area (Å²) in [5.74, 6) is -23.4. The lowest BCUT2D eigenvalue weighted by atomic mass is 9.95. The van der Waals surface area contributed by atoms with Crippen molar-refractivity contribution in [1.29, 1.82) is 0 Å². The number of carboxylic acids is 3. The molecule has 45 heteroatoms. The quantitative estimate of drug-likeness (QED) is 0.0164. The van der Waals surface area contributed by atoms with Crippen molar-refractivity contribution >= 4 is 118 Å². The van der Waals surface area contributed by atoms with Gasteiger partial charge in [0, 0.05) is 57.0 Å². The van der Waals surface area contributed by atoms with Crippen molar-refractivity contribution in [3.05, 3.63) is 18.2 Å². The molecule has 604 valence electrons. The molecule has 0 saturated heterocycles. The summed E-state index contributed by atoms with van der Waals surface area (Å²) in [5, 5.41) is 69.5. The Hall–Kier alpha value is -11.7. The zero-order valence-corrected chi connectivity index (χ0v) is 60.9. The van der Waals surface area contributed by atoms with Gasteiger partial charge in [-0.1, -0.05) is 48.0 Å². The number of nitrogens with zero attached hydrogens (tertiary/aromatic N) is 2. The monoisotopic (exact) mass is 1540 g/mol. The molecular weight excluding hydrogens is 1430 g/mol. The van der Waals surface area contributed by atoms with E-state index in [1.54, 1.807) is 41.5 Å². The molecule has 1 aromatic heterocycles. The maximum atomic E-state index is 14.3. The van der Waals surface area contributed by atoms with Crippen molar-refractivity contribution in [2.24, 2.45) is 57.1 Å². The fourth-order valence-corrected chi connectivity index (χ4v) is 9.85. The summed E-state index contributed by atoms with van der Waals surface area (Å²) < 4.78 is 0. The highest BCUT2D eigenvalue weighted by molar-refractivity contribution is 6.00. The van der Waals surface area contributed by atoms with Crippen LogP contribution in [0.2, 0.25) is 0 Å². The Labute approximate surface area is 619 Å². The van der Waals surface area contributed by atoms with E-state index in [1.807, 2.05) is 0 Å². The third kappa shape index (κ3) is 36.4. The smallest absolute Gasteiger partial charge is 0.326 e. The van der Waals surface area contributed by atoms with Gasteiger partial charge >= 0.3 is 17.9 Å². The Morgan fingerprint density at radius 1 is 0.444 bits per heavy atom. The van der Waals surface area contributed by atoms with E-state index in [4.69, 9.17) is 34.4 Å². The normalized spacial score (nSPS) is 14.6. The number of imidazole rings is 1. The third-order valence-corrected chi connectivity index (χ3v) is 16.2. The maximum absolute atomic E-state index is 14.3. The molecule has 0 fully saturated rings. The summed E-state index contributed by atoms with van der Waals surface area (Å²) in [6.07, 6.45) is -3.76. The minimum atomic E-state index is -2.03. The second kappa shape index (κ2) is 48.4. The number of hydrogen-bond donors (Lipinski definition) is 24. The Morgan fingerprint density at radius 3 is 1.26 bits per heavy atom. The van der Waals surface area contributed by atoms with Crippen molar-refractivity contribution in [2.75, 3.05) is 26.2 Å². The first-order valence-corrected chi connectivity index (χ1v) is 34.3. The van der Waals surface area contributed by atoms with Gasteiger partial charge in [0.05, 0.1) is 26.0 Å². The van der Waals surface area contributed by atoms with Gasteiger partial charge in [-0.05, 0) is 69.6 Å². The predicted molar refractivity (Wildman–Crippen MR) is 376 cm³/mol. The number of carboxylic acid groups (broad SMARTS) is 3. The number of aliphatic hydroxyl groups excluding tert-OH is 1. The van der Waals surface area contributed by atoms with Crippen LogP contribution < -0.4 is 104 Å². The molecule has 108 heavy (non-hydrogen) atoms. The van der Waals surface area contributed by atoms with E-state index >= 15 is 0 Å². The molecule has 0 unspecified atom stereocenters. The third-order valence-electron chi connectivity index (χ3n) is 16.2. The van der Waals surface area contributed by atoms with Crippen LogP contribution in [0.3, 0.4) is 0 Å². The molecule has 0 aliphatic heterocycles. The van der Waals surface area contributed by atoms with Gasteiger partial charge in [0.25, 0.3) is 0 Å². The lowest BCUT2D eigenvalue weighted by molar-refractivity contribution is -0.143. The Bertz CT molecular complexity index is 3350. The average Bonchev–Trinajstić information content (AvgIpc) is 0.856. The van der Waals surface area contributed by atoms with Crippen LogP contribution in [-0.4, -0.2) is 248 Å². The van der Waals surface area contributed by atoms with Gasteiger partial charge in [-0.3, -0.25) is 91.3 Å². The number of carbonyl (C=O) groups excluding carboxylic acids is 16. The number of nitrogens with two attached hydrogens (primary N) is 6. The molecule has 1 aromatic rings. The molecule has 1 rings (SSSR count). The molecule has 13 atom stereocenters. The number of guanidine groups is 1.